The number of carbonyl (C=O) groups excluding carboxylic acids is 1. The van der Waals surface area contributed by atoms with E-state index in [0.717, 1.165) is 0 Å². The van der Waals surface area contributed by atoms with E-state index in [0.29, 0.717) is 13.0 Å². The van der Waals surface area contributed by atoms with Crippen LogP contribution in [0.2, 0.25) is 0 Å². The van der Waals surface area contributed by atoms with E-state index in [-0.39, 0.29) is 30.8 Å². The lowest BCUT2D eigenvalue weighted by Gasteiger charge is -2.30. The van der Waals surface area contributed by atoms with Gasteiger partial charge in [0.05, 0.1) is 18.8 Å². The van der Waals surface area contributed by atoms with Crippen molar-refractivity contribution in [2.75, 3.05) is 20.3 Å². The highest BCUT2D eigenvalue weighted by Gasteiger charge is 2.40. The van der Waals surface area contributed by atoms with E-state index in [1.165, 1.54) is 6.92 Å². The number of hydrogen-bond donors (Lipinski definition) is 2. The Morgan fingerprint density at radius 1 is 1.61 bits per heavy atom. The van der Waals surface area contributed by atoms with Crippen molar-refractivity contribution in [3.8, 4) is 0 Å². The molecule has 0 aromatic carbocycles. The van der Waals surface area contributed by atoms with Crippen LogP contribution in [0.4, 0.5) is 0 Å². The molecule has 0 aromatic heterocycles. The van der Waals surface area contributed by atoms with Gasteiger partial charge in [0, 0.05) is 20.6 Å². The molecule has 1 heterocycles. The molecule has 1 aliphatic rings. The first-order valence-corrected chi connectivity index (χ1v) is 6.12. The van der Waals surface area contributed by atoms with E-state index in [2.05, 4.69) is 5.32 Å². The van der Waals surface area contributed by atoms with Crippen molar-refractivity contribution in [2.24, 2.45) is 0 Å². The van der Waals surface area contributed by atoms with Gasteiger partial charge >= 0.3 is 0 Å². The third-order valence-electron chi connectivity index (χ3n) is 2.92. The maximum atomic E-state index is 11.3. The van der Waals surface area contributed by atoms with Crippen LogP contribution in [0, 0.1) is 0 Å². The normalized spacial score (nSPS) is 25.7. The van der Waals surface area contributed by atoms with Gasteiger partial charge in [0.2, 0.25) is 5.91 Å². The fourth-order valence-corrected chi connectivity index (χ4v) is 2.12. The van der Waals surface area contributed by atoms with Crippen LogP contribution in [0.3, 0.4) is 0 Å². The molecule has 0 spiro atoms. The molecule has 1 amide bonds. The van der Waals surface area contributed by atoms with E-state index in [4.69, 9.17) is 19.3 Å². The molecule has 6 heteroatoms. The topological polar surface area (TPSA) is 77.0 Å². The summed E-state index contributed by atoms with van der Waals surface area (Å²) in [6.07, 6.45) is -0.149. The van der Waals surface area contributed by atoms with Gasteiger partial charge in [-0.1, -0.05) is 0 Å². The summed E-state index contributed by atoms with van der Waals surface area (Å²) < 4.78 is 16.6. The number of rotatable bonds is 6. The van der Waals surface area contributed by atoms with Crippen molar-refractivity contribution < 1.29 is 24.1 Å². The molecule has 106 valence electrons. The SMILES string of the molecule is CO[C@@H](CCO)[C@@H](NC(C)=O)[C@@H]1COC(C)(C)O1. The van der Waals surface area contributed by atoms with Crippen LogP contribution < -0.4 is 5.32 Å². The average molecular weight is 261 g/mol. The first-order chi connectivity index (χ1) is 8.39. The van der Waals surface area contributed by atoms with Gasteiger partial charge in [0.25, 0.3) is 0 Å². The van der Waals surface area contributed by atoms with E-state index >= 15 is 0 Å². The molecule has 1 fully saturated rings. The first-order valence-electron chi connectivity index (χ1n) is 6.12. The monoisotopic (exact) mass is 261 g/mol. The summed E-state index contributed by atoms with van der Waals surface area (Å²) >= 11 is 0. The summed E-state index contributed by atoms with van der Waals surface area (Å²) in [5.74, 6) is -0.813. The molecule has 0 unspecified atom stereocenters. The first kappa shape index (κ1) is 15.4. The van der Waals surface area contributed by atoms with Gasteiger partial charge in [-0.15, -0.1) is 0 Å². The number of nitrogens with one attached hydrogen (secondary N) is 1. The smallest absolute Gasteiger partial charge is 0.217 e. The maximum absolute atomic E-state index is 11.3. The Balaban J connectivity index is 2.74. The highest BCUT2D eigenvalue weighted by Crippen LogP contribution is 2.26. The minimum Gasteiger partial charge on any atom is -0.396 e. The van der Waals surface area contributed by atoms with Crippen molar-refractivity contribution in [1.82, 2.24) is 5.32 Å². The molecule has 3 atom stereocenters. The molecule has 0 bridgehead atoms. The molecule has 2 N–H and O–H groups in total. The molecule has 1 rings (SSSR count). The van der Waals surface area contributed by atoms with E-state index in [1.807, 2.05) is 13.8 Å². The zero-order valence-corrected chi connectivity index (χ0v) is 11.4. The molecule has 1 saturated heterocycles. The average Bonchev–Trinajstić information content (AvgIpc) is 2.63. The summed E-state index contributed by atoms with van der Waals surface area (Å²) in [6.45, 7) is 5.48. The Hall–Kier alpha value is -0.690. The highest BCUT2D eigenvalue weighted by atomic mass is 16.7. The van der Waals surface area contributed by atoms with Crippen molar-refractivity contribution in [3.05, 3.63) is 0 Å². The van der Waals surface area contributed by atoms with E-state index in [9.17, 15) is 4.79 Å². The number of aliphatic hydroxyl groups excluding tert-OH is 1. The predicted octanol–water partition coefficient (Wildman–Crippen LogP) is 0.0400. The van der Waals surface area contributed by atoms with Crippen molar-refractivity contribution in [1.29, 1.82) is 0 Å². The number of hydrogen-bond acceptors (Lipinski definition) is 5. The van der Waals surface area contributed by atoms with E-state index in [1.54, 1.807) is 7.11 Å². The Labute approximate surface area is 108 Å². The Morgan fingerprint density at radius 2 is 2.28 bits per heavy atom. The van der Waals surface area contributed by atoms with Gasteiger partial charge in [-0.05, 0) is 20.3 Å². The summed E-state index contributed by atoms with van der Waals surface area (Å²) in [5.41, 5.74) is 0. The lowest BCUT2D eigenvalue weighted by atomic mass is 10.0. The van der Waals surface area contributed by atoms with Gasteiger partial charge in [-0.2, -0.15) is 0 Å². The van der Waals surface area contributed by atoms with Gasteiger partial charge in [-0.25, -0.2) is 0 Å². The van der Waals surface area contributed by atoms with Gasteiger partial charge < -0.3 is 24.6 Å². The molecule has 0 aliphatic carbocycles. The second kappa shape index (κ2) is 6.47. The second-order valence-corrected chi connectivity index (χ2v) is 4.88. The number of ether oxygens (including phenoxy) is 3. The molecule has 0 aromatic rings. The second-order valence-electron chi connectivity index (χ2n) is 4.88. The Morgan fingerprint density at radius 3 is 2.67 bits per heavy atom. The van der Waals surface area contributed by atoms with Crippen molar-refractivity contribution in [2.45, 2.75) is 51.2 Å². The fourth-order valence-electron chi connectivity index (χ4n) is 2.12. The largest absolute Gasteiger partial charge is 0.396 e. The standard InChI is InChI=1S/C12H23NO5/c1-8(15)13-11(9(16-4)5-6-14)10-7-17-12(2,3)18-10/h9-11,14H,5-7H2,1-4H3,(H,13,15)/t9-,10-,11+/m0/s1. The lowest BCUT2D eigenvalue weighted by Crippen LogP contribution is -2.52. The third-order valence-corrected chi connectivity index (χ3v) is 2.92. The maximum Gasteiger partial charge on any atom is 0.217 e. The van der Waals surface area contributed by atoms with Crippen LogP contribution in [0.1, 0.15) is 27.2 Å². The number of methoxy groups -OCH3 is 1. The van der Waals surface area contributed by atoms with Gasteiger partial charge in [0.15, 0.2) is 5.79 Å². The van der Waals surface area contributed by atoms with Crippen molar-refractivity contribution >= 4 is 5.91 Å². The molecular weight excluding hydrogens is 238 g/mol. The molecule has 6 nitrogen and oxygen atoms in total. The molecule has 1 aliphatic heterocycles. The number of amides is 1. The van der Waals surface area contributed by atoms with Crippen LogP contribution in [0.15, 0.2) is 0 Å². The van der Waals surface area contributed by atoms with Gasteiger partial charge in [-0.3, -0.25) is 4.79 Å². The third kappa shape index (κ3) is 4.20. The highest BCUT2D eigenvalue weighted by molar-refractivity contribution is 5.73. The molecule has 0 radical (unpaired) electrons. The summed E-state index contributed by atoms with van der Waals surface area (Å²) in [5, 5.41) is 11.8. The Bertz CT molecular complexity index is 282. The molecular formula is C12H23NO5. The predicted molar refractivity (Wildman–Crippen MR) is 65.0 cm³/mol. The quantitative estimate of drug-likeness (QED) is 0.706. The number of aliphatic hydroxyl groups is 1. The minimum absolute atomic E-state index is 0.00837. The lowest BCUT2D eigenvalue weighted by molar-refractivity contribution is -0.149. The van der Waals surface area contributed by atoms with Crippen LogP contribution in [-0.2, 0) is 19.0 Å². The van der Waals surface area contributed by atoms with Crippen LogP contribution >= 0.6 is 0 Å². The fraction of sp³-hybridized carbons (Fsp3) is 0.917. The summed E-state index contributed by atoms with van der Waals surface area (Å²) in [7, 11) is 1.55. The zero-order valence-electron chi connectivity index (χ0n) is 11.4. The van der Waals surface area contributed by atoms with Crippen LogP contribution in [-0.4, -0.2) is 55.4 Å². The summed E-state index contributed by atoms with van der Waals surface area (Å²) in [6, 6.07) is -0.332. The van der Waals surface area contributed by atoms with E-state index < -0.39 is 5.79 Å². The van der Waals surface area contributed by atoms with Crippen LogP contribution in [0.5, 0.6) is 0 Å². The molecule has 0 saturated carbocycles. The minimum atomic E-state index is -0.654. The summed E-state index contributed by atoms with van der Waals surface area (Å²) in [4.78, 5) is 11.3. The van der Waals surface area contributed by atoms with Gasteiger partial charge in [0.1, 0.15) is 6.10 Å². The number of carbonyl (C=O) groups is 1. The zero-order chi connectivity index (χ0) is 13.8. The van der Waals surface area contributed by atoms with Crippen LogP contribution in [0.25, 0.3) is 0 Å². The van der Waals surface area contributed by atoms with Crippen molar-refractivity contribution in [3.63, 3.8) is 0 Å². The molecule has 18 heavy (non-hydrogen) atoms. The Kier molecular flexibility index (Phi) is 5.52.